The Morgan fingerprint density at radius 1 is 1.03 bits per heavy atom. The molecule has 2 aromatic carbocycles. The van der Waals surface area contributed by atoms with Gasteiger partial charge in [-0.2, -0.15) is 0 Å². The average molecular weight is 463 g/mol. The van der Waals surface area contributed by atoms with Gasteiger partial charge in [0.25, 0.3) is 0 Å². The van der Waals surface area contributed by atoms with Crippen molar-refractivity contribution in [3.63, 3.8) is 0 Å². The number of benzene rings is 2. The Hall–Kier alpha value is -1.91. The van der Waals surface area contributed by atoms with E-state index in [-0.39, 0.29) is 0 Å². The highest BCUT2D eigenvalue weighted by Crippen LogP contribution is 2.35. The molecule has 4 N–H and O–H groups in total. The van der Waals surface area contributed by atoms with Crippen molar-refractivity contribution in [1.29, 1.82) is 0 Å². The molecule has 1 fully saturated rings. The molecular formula is C22H23ClN2O5S. The Kier molecular flexibility index (Phi) is 6.68. The van der Waals surface area contributed by atoms with Crippen molar-refractivity contribution in [2.24, 2.45) is 0 Å². The van der Waals surface area contributed by atoms with Gasteiger partial charge in [-0.1, -0.05) is 58.8 Å². The molecule has 3 aromatic rings. The Balaban J connectivity index is 1.58. The highest BCUT2D eigenvalue weighted by molar-refractivity contribution is 7.14. The van der Waals surface area contributed by atoms with Gasteiger partial charge in [-0.05, 0) is 30.2 Å². The minimum absolute atomic E-state index is 0.438. The van der Waals surface area contributed by atoms with Crippen LogP contribution in [-0.4, -0.2) is 61.6 Å². The number of aryl methyl sites for hydroxylation is 1. The predicted octanol–water partition coefficient (Wildman–Crippen LogP) is 2.27. The van der Waals surface area contributed by atoms with E-state index in [4.69, 9.17) is 16.3 Å². The lowest BCUT2D eigenvalue weighted by Gasteiger charge is -2.40. The lowest BCUT2D eigenvalue weighted by Crippen LogP contribution is -2.55. The zero-order valence-electron chi connectivity index (χ0n) is 16.7. The Bertz CT molecular complexity index is 1060. The first-order chi connectivity index (χ1) is 14.9. The summed E-state index contributed by atoms with van der Waals surface area (Å²) in [5, 5.41) is 50.6. The van der Waals surface area contributed by atoms with Crippen molar-refractivity contribution < 1.29 is 25.2 Å². The van der Waals surface area contributed by atoms with Crippen LogP contribution in [0.1, 0.15) is 27.8 Å². The zero-order valence-corrected chi connectivity index (χ0v) is 18.3. The van der Waals surface area contributed by atoms with Gasteiger partial charge < -0.3 is 25.2 Å². The summed E-state index contributed by atoms with van der Waals surface area (Å²) in [5.74, 6) is 0. The quantitative estimate of drug-likeness (QED) is 0.459. The Morgan fingerprint density at radius 3 is 2.58 bits per heavy atom. The van der Waals surface area contributed by atoms with Crippen molar-refractivity contribution >= 4 is 22.9 Å². The SMILES string of the molecule is Cc1cccc(-c2nnc(Cc3cc(C4O[C@H](CO)[C@@H](O)[C@H](O)[C@H]4O)ccc3Cl)s2)c1. The molecule has 164 valence electrons. The van der Waals surface area contributed by atoms with Crippen LogP contribution in [0, 0.1) is 6.92 Å². The molecule has 1 aliphatic rings. The molecule has 0 amide bonds. The van der Waals surface area contributed by atoms with Gasteiger partial charge >= 0.3 is 0 Å². The van der Waals surface area contributed by atoms with E-state index < -0.39 is 37.1 Å². The van der Waals surface area contributed by atoms with Gasteiger partial charge in [0.1, 0.15) is 40.5 Å². The van der Waals surface area contributed by atoms with Crippen LogP contribution in [0.3, 0.4) is 0 Å². The first-order valence-electron chi connectivity index (χ1n) is 9.85. The van der Waals surface area contributed by atoms with Gasteiger partial charge in [-0.25, -0.2) is 0 Å². The zero-order chi connectivity index (χ0) is 22.1. The lowest BCUT2D eigenvalue weighted by molar-refractivity contribution is -0.231. The molecule has 7 nitrogen and oxygen atoms in total. The highest BCUT2D eigenvalue weighted by atomic mass is 35.5. The van der Waals surface area contributed by atoms with Crippen molar-refractivity contribution in [3.05, 3.63) is 69.2 Å². The first kappa shape index (κ1) is 22.3. The number of aromatic nitrogens is 2. The fraction of sp³-hybridized carbons (Fsp3) is 0.364. The van der Waals surface area contributed by atoms with Gasteiger partial charge in [0.05, 0.1) is 6.61 Å². The molecule has 0 saturated carbocycles. The van der Waals surface area contributed by atoms with Gasteiger partial charge in [0.2, 0.25) is 0 Å². The third kappa shape index (κ3) is 4.65. The van der Waals surface area contributed by atoms with E-state index in [0.717, 1.165) is 26.7 Å². The van der Waals surface area contributed by atoms with Crippen molar-refractivity contribution in [2.45, 2.75) is 43.9 Å². The van der Waals surface area contributed by atoms with Crippen LogP contribution < -0.4 is 0 Å². The third-order valence-electron chi connectivity index (χ3n) is 5.36. The molecule has 0 spiro atoms. The number of nitrogens with zero attached hydrogens (tertiary/aromatic N) is 2. The first-order valence-corrected chi connectivity index (χ1v) is 11.0. The molecule has 0 bridgehead atoms. The minimum Gasteiger partial charge on any atom is -0.394 e. The van der Waals surface area contributed by atoms with Gasteiger partial charge in [0.15, 0.2) is 0 Å². The standard InChI is InChI=1S/C22H23ClN2O5S/c1-11-3-2-4-13(7-11)22-25-24-17(31-22)9-14-8-12(5-6-15(14)23)21-20(29)19(28)18(27)16(10-26)30-21/h2-8,16,18-21,26-29H,9-10H2,1H3/t16-,18-,19+,20-,21?/m1/s1. The maximum atomic E-state index is 10.4. The summed E-state index contributed by atoms with van der Waals surface area (Å²) in [6, 6.07) is 13.2. The molecule has 1 aromatic heterocycles. The van der Waals surface area contributed by atoms with E-state index in [1.165, 1.54) is 11.3 Å². The molecule has 0 radical (unpaired) electrons. The Morgan fingerprint density at radius 2 is 1.84 bits per heavy atom. The van der Waals surface area contributed by atoms with Crippen molar-refractivity contribution in [1.82, 2.24) is 10.2 Å². The van der Waals surface area contributed by atoms with Crippen LogP contribution >= 0.6 is 22.9 Å². The summed E-state index contributed by atoms with van der Waals surface area (Å²) in [7, 11) is 0. The van der Waals surface area contributed by atoms with Gasteiger partial charge in [-0.3, -0.25) is 0 Å². The molecule has 4 rings (SSSR count). The van der Waals surface area contributed by atoms with Crippen LogP contribution in [0.2, 0.25) is 5.02 Å². The Labute approximate surface area is 188 Å². The highest BCUT2D eigenvalue weighted by Gasteiger charge is 2.44. The fourth-order valence-electron chi connectivity index (χ4n) is 3.67. The summed E-state index contributed by atoms with van der Waals surface area (Å²) in [6.45, 7) is 1.55. The molecular weight excluding hydrogens is 440 g/mol. The van der Waals surface area contributed by atoms with Crippen molar-refractivity contribution in [2.75, 3.05) is 6.61 Å². The number of hydrogen-bond donors (Lipinski definition) is 4. The topological polar surface area (TPSA) is 116 Å². The molecule has 2 heterocycles. The summed E-state index contributed by atoms with van der Waals surface area (Å²) in [4.78, 5) is 0. The molecule has 1 saturated heterocycles. The lowest BCUT2D eigenvalue weighted by atomic mass is 9.90. The monoisotopic (exact) mass is 462 g/mol. The predicted molar refractivity (Wildman–Crippen MR) is 117 cm³/mol. The molecule has 5 atom stereocenters. The van der Waals surface area contributed by atoms with E-state index in [2.05, 4.69) is 16.3 Å². The molecule has 9 heteroatoms. The average Bonchev–Trinajstić information content (AvgIpc) is 3.23. The molecule has 31 heavy (non-hydrogen) atoms. The fourth-order valence-corrected chi connectivity index (χ4v) is 4.71. The number of aliphatic hydroxyl groups excluding tert-OH is 4. The second kappa shape index (κ2) is 9.30. The summed E-state index contributed by atoms with van der Waals surface area (Å²) in [5.41, 5.74) is 3.50. The molecule has 1 aliphatic heterocycles. The normalized spacial score (nSPS) is 26.2. The van der Waals surface area contributed by atoms with Crippen LogP contribution in [0.4, 0.5) is 0 Å². The van der Waals surface area contributed by atoms with Crippen LogP contribution in [0.5, 0.6) is 0 Å². The van der Waals surface area contributed by atoms with Crippen LogP contribution in [-0.2, 0) is 11.2 Å². The van der Waals surface area contributed by atoms with Gasteiger partial charge in [0, 0.05) is 17.0 Å². The van der Waals surface area contributed by atoms with E-state index in [1.54, 1.807) is 18.2 Å². The third-order valence-corrected chi connectivity index (χ3v) is 6.71. The van der Waals surface area contributed by atoms with E-state index in [9.17, 15) is 20.4 Å². The largest absolute Gasteiger partial charge is 0.394 e. The molecule has 1 unspecified atom stereocenters. The summed E-state index contributed by atoms with van der Waals surface area (Å²) >= 11 is 7.87. The summed E-state index contributed by atoms with van der Waals surface area (Å²) in [6.07, 6.45) is -5.62. The number of ether oxygens (including phenoxy) is 1. The second-order valence-electron chi connectivity index (χ2n) is 7.65. The molecule has 0 aliphatic carbocycles. The number of hydrogen-bond acceptors (Lipinski definition) is 8. The maximum Gasteiger partial charge on any atom is 0.147 e. The van der Waals surface area contributed by atoms with Gasteiger partial charge in [-0.15, -0.1) is 10.2 Å². The van der Waals surface area contributed by atoms with Crippen LogP contribution in [0.25, 0.3) is 10.6 Å². The number of halogens is 1. The summed E-state index contributed by atoms with van der Waals surface area (Å²) < 4.78 is 5.66. The van der Waals surface area contributed by atoms with E-state index >= 15 is 0 Å². The smallest absolute Gasteiger partial charge is 0.147 e. The van der Waals surface area contributed by atoms with Crippen molar-refractivity contribution in [3.8, 4) is 10.6 Å². The van der Waals surface area contributed by atoms with E-state index in [1.807, 2.05) is 25.1 Å². The van der Waals surface area contributed by atoms with E-state index in [0.29, 0.717) is 17.0 Å². The minimum atomic E-state index is -1.44. The van der Waals surface area contributed by atoms with Crippen LogP contribution in [0.15, 0.2) is 42.5 Å². The maximum absolute atomic E-state index is 10.4. The number of aliphatic hydroxyl groups is 4. The second-order valence-corrected chi connectivity index (χ2v) is 9.12. The number of rotatable bonds is 5.